The van der Waals surface area contributed by atoms with Crippen LogP contribution in [0.15, 0.2) is 48.5 Å². The highest BCUT2D eigenvalue weighted by atomic mass is 16.6. The van der Waals surface area contributed by atoms with E-state index in [9.17, 15) is 9.59 Å². The Morgan fingerprint density at radius 2 is 1.72 bits per heavy atom. The molecule has 3 aromatic rings. The van der Waals surface area contributed by atoms with E-state index < -0.39 is 11.7 Å². The lowest BCUT2D eigenvalue weighted by Gasteiger charge is -2.19. The Balaban J connectivity index is 1.66. The van der Waals surface area contributed by atoms with Gasteiger partial charge in [0.2, 0.25) is 0 Å². The molecule has 0 radical (unpaired) electrons. The third kappa shape index (κ3) is 5.38. The maximum Gasteiger partial charge on any atom is 0.412 e. The minimum atomic E-state index is -0.584. The van der Waals surface area contributed by atoms with Crippen LogP contribution in [0.25, 0.3) is 5.69 Å². The standard InChI is InChI=1S/C20H22N6O3/c1-13-23-24-25-26(13)17-7-5-6-16(12-17)21-18(27)14-8-10-15(11-9-14)22-19(28)29-20(2,3)4/h5-12H,1-4H3,(H,21,27)(H,22,28). The number of hydrogen-bond acceptors (Lipinski definition) is 6. The van der Waals surface area contributed by atoms with Crippen LogP contribution in [0.5, 0.6) is 0 Å². The molecule has 2 amide bonds. The van der Waals surface area contributed by atoms with Crippen LogP contribution in [-0.2, 0) is 4.74 Å². The lowest BCUT2D eigenvalue weighted by molar-refractivity contribution is 0.0636. The molecular weight excluding hydrogens is 372 g/mol. The largest absolute Gasteiger partial charge is 0.444 e. The molecule has 1 aromatic heterocycles. The smallest absolute Gasteiger partial charge is 0.412 e. The number of aryl methyl sites for hydroxylation is 1. The van der Waals surface area contributed by atoms with Crippen molar-refractivity contribution in [3.8, 4) is 5.69 Å². The second-order valence-corrected chi connectivity index (χ2v) is 7.35. The number of nitrogens with one attached hydrogen (secondary N) is 2. The van der Waals surface area contributed by atoms with Gasteiger partial charge in [0, 0.05) is 16.9 Å². The summed E-state index contributed by atoms with van der Waals surface area (Å²) in [6, 6.07) is 13.7. The summed E-state index contributed by atoms with van der Waals surface area (Å²) in [5.74, 6) is 0.362. The highest BCUT2D eigenvalue weighted by Crippen LogP contribution is 2.17. The lowest BCUT2D eigenvalue weighted by Crippen LogP contribution is -2.27. The van der Waals surface area contributed by atoms with Crippen molar-refractivity contribution in [3.63, 3.8) is 0 Å². The first kappa shape index (κ1) is 20.0. The van der Waals surface area contributed by atoms with Crippen molar-refractivity contribution in [2.24, 2.45) is 0 Å². The Hall–Kier alpha value is -3.75. The van der Waals surface area contributed by atoms with Gasteiger partial charge in [-0.25, -0.2) is 4.79 Å². The van der Waals surface area contributed by atoms with E-state index >= 15 is 0 Å². The van der Waals surface area contributed by atoms with Crippen LogP contribution in [0.1, 0.15) is 37.0 Å². The Labute approximate surface area is 168 Å². The molecule has 150 valence electrons. The van der Waals surface area contributed by atoms with Gasteiger partial charge in [0.1, 0.15) is 5.60 Å². The summed E-state index contributed by atoms with van der Waals surface area (Å²) in [6.07, 6.45) is -0.551. The first-order chi connectivity index (χ1) is 13.7. The van der Waals surface area contributed by atoms with Crippen molar-refractivity contribution in [1.82, 2.24) is 20.2 Å². The van der Waals surface area contributed by atoms with Gasteiger partial charge in [0.15, 0.2) is 5.82 Å². The fourth-order valence-electron chi connectivity index (χ4n) is 2.52. The van der Waals surface area contributed by atoms with Crippen molar-refractivity contribution in [2.45, 2.75) is 33.3 Å². The topological polar surface area (TPSA) is 111 Å². The van der Waals surface area contributed by atoms with Crippen molar-refractivity contribution in [3.05, 3.63) is 59.9 Å². The van der Waals surface area contributed by atoms with E-state index in [1.54, 1.807) is 74.8 Å². The number of benzene rings is 2. The summed E-state index contributed by atoms with van der Waals surface area (Å²) in [4.78, 5) is 24.3. The van der Waals surface area contributed by atoms with E-state index in [0.717, 1.165) is 5.69 Å². The van der Waals surface area contributed by atoms with Gasteiger partial charge in [0.05, 0.1) is 5.69 Å². The minimum absolute atomic E-state index is 0.278. The molecule has 0 aliphatic rings. The summed E-state index contributed by atoms with van der Waals surface area (Å²) in [5.41, 5.74) is 1.75. The molecule has 2 aromatic carbocycles. The number of anilines is 2. The molecule has 1 heterocycles. The second-order valence-electron chi connectivity index (χ2n) is 7.35. The number of rotatable bonds is 4. The monoisotopic (exact) mass is 394 g/mol. The van der Waals surface area contributed by atoms with Crippen molar-refractivity contribution in [2.75, 3.05) is 10.6 Å². The van der Waals surface area contributed by atoms with Crippen LogP contribution in [0.4, 0.5) is 16.2 Å². The van der Waals surface area contributed by atoms with Crippen LogP contribution in [0.3, 0.4) is 0 Å². The quantitative estimate of drug-likeness (QED) is 0.700. The Bertz CT molecular complexity index is 1020. The highest BCUT2D eigenvalue weighted by molar-refractivity contribution is 6.04. The molecule has 0 aliphatic carbocycles. The summed E-state index contributed by atoms with van der Waals surface area (Å²) in [7, 11) is 0. The molecule has 0 unspecified atom stereocenters. The molecule has 9 heteroatoms. The predicted octanol–water partition coefficient (Wildman–Crippen LogP) is 3.57. The molecule has 0 spiro atoms. The Kier molecular flexibility index (Phi) is 5.58. The zero-order chi connectivity index (χ0) is 21.0. The first-order valence-corrected chi connectivity index (χ1v) is 8.98. The van der Waals surface area contributed by atoms with Gasteiger partial charge in [-0.2, -0.15) is 4.68 Å². The normalized spacial score (nSPS) is 11.0. The van der Waals surface area contributed by atoms with Crippen LogP contribution < -0.4 is 10.6 Å². The van der Waals surface area contributed by atoms with Gasteiger partial charge < -0.3 is 10.1 Å². The minimum Gasteiger partial charge on any atom is -0.444 e. The fourth-order valence-corrected chi connectivity index (χ4v) is 2.52. The summed E-state index contributed by atoms with van der Waals surface area (Å²) in [6.45, 7) is 7.15. The second kappa shape index (κ2) is 8.09. The molecule has 3 rings (SSSR count). The lowest BCUT2D eigenvalue weighted by atomic mass is 10.2. The van der Waals surface area contributed by atoms with E-state index in [1.165, 1.54) is 0 Å². The first-order valence-electron chi connectivity index (χ1n) is 8.98. The van der Waals surface area contributed by atoms with Gasteiger partial charge in [-0.1, -0.05) is 6.07 Å². The van der Waals surface area contributed by atoms with E-state index in [0.29, 0.717) is 22.8 Å². The summed E-state index contributed by atoms with van der Waals surface area (Å²) in [5, 5.41) is 16.9. The Morgan fingerprint density at radius 1 is 1.00 bits per heavy atom. The summed E-state index contributed by atoms with van der Waals surface area (Å²) < 4.78 is 6.78. The van der Waals surface area contributed by atoms with E-state index in [4.69, 9.17) is 4.74 Å². The van der Waals surface area contributed by atoms with E-state index in [-0.39, 0.29) is 5.91 Å². The molecule has 0 saturated heterocycles. The SMILES string of the molecule is Cc1nnnn1-c1cccc(NC(=O)c2ccc(NC(=O)OC(C)(C)C)cc2)c1. The molecule has 29 heavy (non-hydrogen) atoms. The van der Waals surface area contributed by atoms with E-state index in [2.05, 4.69) is 26.2 Å². The molecular formula is C20H22N6O3. The Morgan fingerprint density at radius 3 is 2.34 bits per heavy atom. The average Bonchev–Trinajstić information content (AvgIpc) is 3.07. The fraction of sp³-hybridized carbons (Fsp3) is 0.250. The van der Waals surface area contributed by atoms with Crippen molar-refractivity contribution in [1.29, 1.82) is 0 Å². The number of carbonyl (C=O) groups is 2. The number of amides is 2. The summed E-state index contributed by atoms with van der Waals surface area (Å²) >= 11 is 0. The van der Waals surface area contributed by atoms with Gasteiger partial charge in [0.25, 0.3) is 5.91 Å². The zero-order valence-electron chi connectivity index (χ0n) is 16.6. The van der Waals surface area contributed by atoms with Crippen molar-refractivity contribution >= 4 is 23.4 Å². The molecule has 0 bridgehead atoms. The van der Waals surface area contributed by atoms with Crippen LogP contribution in [0, 0.1) is 6.92 Å². The van der Waals surface area contributed by atoms with Crippen LogP contribution in [0.2, 0.25) is 0 Å². The molecule has 0 saturated carbocycles. The number of hydrogen-bond donors (Lipinski definition) is 2. The van der Waals surface area contributed by atoms with Gasteiger partial charge in [-0.15, -0.1) is 5.10 Å². The van der Waals surface area contributed by atoms with Gasteiger partial charge >= 0.3 is 6.09 Å². The molecule has 0 fully saturated rings. The molecule has 9 nitrogen and oxygen atoms in total. The average molecular weight is 394 g/mol. The third-order valence-electron chi connectivity index (χ3n) is 3.77. The number of aromatic nitrogens is 4. The molecule has 2 N–H and O–H groups in total. The van der Waals surface area contributed by atoms with E-state index in [1.807, 2.05) is 6.07 Å². The number of tetrazole rings is 1. The molecule has 0 atom stereocenters. The van der Waals surface area contributed by atoms with Crippen LogP contribution >= 0.6 is 0 Å². The maximum atomic E-state index is 12.5. The third-order valence-corrected chi connectivity index (χ3v) is 3.77. The highest BCUT2D eigenvalue weighted by Gasteiger charge is 2.16. The van der Waals surface area contributed by atoms with Gasteiger partial charge in [-0.05, 0) is 80.6 Å². The number of carbonyl (C=O) groups excluding carboxylic acids is 2. The zero-order valence-corrected chi connectivity index (χ0v) is 16.6. The number of nitrogens with zero attached hydrogens (tertiary/aromatic N) is 4. The van der Waals surface area contributed by atoms with Gasteiger partial charge in [-0.3, -0.25) is 10.1 Å². The predicted molar refractivity (Wildman–Crippen MR) is 108 cm³/mol. The molecule has 0 aliphatic heterocycles. The van der Waals surface area contributed by atoms with Crippen LogP contribution in [-0.4, -0.2) is 37.8 Å². The van der Waals surface area contributed by atoms with Crippen molar-refractivity contribution < 1.29 is 14.3 Å². The maximum absolute atomic E-state index is 12.5. The number of ether oxygens (including phenoxy) is 1.